The van der Waals surface area contributed by atoms with E-state index >= 15 is 0 Å². The van der Waals surface area contributed by atoms with Gasteiger partial charge in [-0.3, -0.25) is 9.48 Å². The van der Waals surface area contributed by atoms with Gasteiger partial charge in [0.2, 0.25) is 5.91 Å². The number of carbonyl (C=O) groups is 1. The molecule has 2 unspecified atom stereocenters. The highest BCUT2D eigenvalue weighted by Crippen LogP contribution is 2.36. The van der Waals surface area contributed by atoms with Gasteiger partial charge in [-0.1, -0.05) is 6.42 Å². The monoisotopic (exact) mass is 264 g/mol. The molecule has 1 aliphatic carbocycles. The molecule has 0 radical (unpaired) electrons. The van der Waals surface area contributed by atoms with Crippen molar-refractivity contribution in [2.24, 2.45) is 18.2 Å². The van der Waals surface area contributed by atoms with Gasteiger partial charge in [-0.25, -0.2) is 0 Å². The molecule has 0 spiro atoms. The van der Waals surface area contributed by atoms with Gasteiger partial charge in [0.15, 0.2) is 0 Å². The molecular weight excluding hydrogens is 240 g/mol. The maximum Gasteiger partial charge on any atom is 0.227 e. The Morgan fingerprint density at radius 1 is 1.58 bits per heavy atom. The Labute approximate surface area is 114 Å². The Balaban J connectivity index is 2.05. The van der Waals surface area contributed by atoms with Crippen LogP contribution in [-0.4, -0.2) is 21.7 Å². The molecule has 5 nitrogen and oxygen atoms in total. The van der Waals surface area contributed by atoms with Crippen LogP contribution in [0.4, 0.5) is 0 Å². The van der Waals surface area contributed by atoms with E-state index < -0.39 is 5.41 Å². The highest BCUT2D eigenvalue weighted by Gasteiger charge is 2.42. The number of aryl methyl sites for hydroxylation is 2. The van der Waals surface area contributed by atoms with Crippen LogP contribution >= 0.6 is 0 Å². The molecule has 2 rings (SSSR count). The summed E-state index contributed by atoms with van der Waals surface area (Å²) in [5.41, 5.74) is 8.83. The van der Waals surface area contributed by atoms with Gasteiger partial charge in [-0.2, -0.15) is 5.10 Å². The van der Waals surface area contributed by atoms with Crippen molar-refractivity contribution in [2.45, 2.75) is 52.6 Å². The largest absolute Gasteiger partial charge is 0.351 e. The fourth-order valence-corrected chi connectivity index (χ4v) is 2.92. The minimum atomic E-state index is -0.413. The lowest BCUT2D eigenvalue weighted by atomic mass is 9.84. The zero-order valence-corrected chi connectivity index (χ0v) is 12.3. The van der Waals surface area contributed by atoms with E-state index in [2.05, 4.69) is 10.4 Å². The van der Waals surface area contributed by atoms with Gasteiger partial charge in [0.25, 0.3) is 0 Å². The van der Waals surface area contributed by atoms with Crippen molar-refractivity contribution in [1.29, 1.82) is 0 Å². The molecule has 5 heteroatoms. The van der Waals surface area contributed by atoms with Gasteiger partial charge in [-0.15, -0.1) is 0 Å². The van der Waals surface area contributed by atoms with Crippen LogP contribution < -0.4 is 11.1 Å². The fraction of sp³-hybridized carbons (Fsp3) is 0.714. The predicted molar refractivity (Wildman–Crippen MR) is 74.5 cm³/mol. The summed E-state index contributed by atoms with van der Waals surface area (Å²) in [5, 5.41) is 7.39. The molecule has 2 atom stereocenters. The smallest absolute Gasteiger partial charge is 0.227 e. The number of nitrogens with zero attached hydrogens (tertiary/aromatic N) is 2. The summed E-state index contributed by atoms with van der Waals surface area (Å²) in [7, 11) is 1.92. The van der Waals surface area contributed by atoms with E-state index in [1.807, 2.05) is 32.5 Å². The van der Waals surface area contributed by atoms with Crippen molar-refractivity contribution in [3.8, 4) is 0 Å². The van der Waals surface area contributed by atoms with E-state index in [0.717, 1.165) is 36.2 Å². The Bertz CT molecular complexity index is 494. The Morgan fingerprint density at radius 2 is 2.26 bits per heavy atom. The molecule has 0 aromatic carbocycles. The standard InChI is InChI=1S/C14H24N4O/c1-9-11(10(2)18(4)17-9)8-16-13(19)14(3)7-5-6-12(14)15/h12H,5-8,15H2,1-4H3,(H,16,19). The summed E-state index contributed by atoms with van der Waals surface area (Å²) >= 11 is 0. The minimum absolute atomic E-state index is 0.0245. The van der Waals surface area contributed by atoms with Crippen LogP contribution in [0, 0.1) is 19.3 Å². The summed E-state index contributed by atoms with van der Waals surface area (Å²) in [6, 6.07) is -0.0245. The average Bonchev–Trinajstić information content (AvgIpc) is 2.81. The first-order chi connectivity index (χ1) is 8.86. The second kappa shape index (κ2) is 4.96. The zero-order valence-electron chi connectivity index (χ0n) is 12.3. The quantitative estimate of drug-likeness (QED) is 0.860. The molecule has 1 aliphatic rings. The molecule has 0 saturated heterocycles. The van der Waals surface area contributed by atoms with Gasteiger partial charge in [0.1, 0.15) is 0 Å². The average molecular weight is 264 g/mol. The summed E-state index contributed by atoms with van der Waals surface area (Å²) < 4.78 is 1.85. The van der Waals surface area contributed by atoms with Crippen LogP contribution in [0.2, 0.25) is 0 Å². The third-order valence-electron chi connectivity index (χ3n) is 4.63. The lowest BCUT2D eigenvalue weighted by molar-refractivity contribution is -0.130. The third kappa shape index (κ3) is 2.39. The predicted octanol–water partition coefficient (Wildman–Crippen LogP) is 1.17. The van der Waals surface area contributed by atoms with Crippen molar-refractivity contribution < 1.29 is 4.79 Å². The highest BCUT2D eigenvalue weighted by molar-refractivity contribution is 5.83. The molecule has 19 heavy (non-hydrogen) atoms. The Morgan fingerprint density at radius 3 is 2.74 bits per heavy atom. The summed E-state index contributed by atoms with van der Waals surface area (Å²) in [6.07, 6.45) is 2.86. The second-order valence-electron chi connectivity index (χ2n) is 5.87. The van der Waals surface area contributed by atoms with Crippen LogP contribution in [0.5, 0.6) is 0 Å². The van der Waals surface area contributed by atoms with E-state index in [4.69, 9.17) is 5.73 Å². The SMILES string of the molecule is Cc1nn(C)c(C)c1CNC(=O)C1(C)CCCC1N. The molecule has 1 fully saturated rings. The number of hydrogen-bond donors (Lipinski definition) is 2. The minimum Gasteiger partial charge on any atom is -0.351 e. The van der Waals surface area contributed by atoms with Crippen LogP contribution in [0.3, 0.4) is 0 Å². The third-order valence-corrected chi connectivity index (χ3v) is 4.63. The molecular formula is C14H24N4O. The lowest BCUT2D eigenvalue weighted by Gasteiger charge is -2.27. The van der Waals surface area contributed by atoms with Gasteiger partial charge in [-0.05, 0) is 33.6 Å². The lowest BCUT2D eigenvalue weighted by Crippen LogP contribution is -2.47. The molecule has 1 heterocycles. The van der Waals surface area contributed by atoms with Crippen LogP contribution in [0.15, 0.2) is 0 Å². The molecule has 1 aromatic heterocycles. The van der Waals surface area contributed by atoms with Crippen molar-refractivity contribution in [2.75, 3.05) is 0 Å². The highest BCUT2D eigenvalue weighted by atomic mass is 16.2. The number of carbonyl (C=O) groups excluding carboxylic acids is 1. The van der Waals surface area contributed by atoms with E-state index in [1.54, 1.807) is 0 Å². The van der Waals surface area contributed by atoms with Gasteiger partial charge >= 0.3 is 0 Å². The van der Waals surface area contributed by atoms with E-state index in [9.17, 15) is 4.79 Å². The van der Waals surface area contributed by atoms with Crippen molar-refractivity contribution >= 4 is 5.91 Å². The van der Waals surface area contributed by atoms with Crippen molar-refractivity contribution in [3.05, 3.63) is 17.0 Å². The van der Waals surface area contributed by atoms with Crippen LogP contribution in [-0.2, 0) is 18.4 Å². The molecule has 1 amide bonds. The van der Waals surface area contributed by atoms with E-state index in [1.165, 1.54) is 0 Å². The topological polar surface area (TPSA) is 72.9 Å². The van der Waals surface area contributed by atoms with E-state index in [0.29, 0.717) is 6.54 Å². The van der Waals surface area contributed by atoms with Crippen LogP contribution in [0.1, 0.15) is 43.1 Å². The summed E-state index contributed by atoms with van der Waals surface area (Å²) in [4.78, 5) is 12.4. The maximum atomic E-state index is 12.4. The van der Waals surface area contributed by atoms with Gasteiger partial charge < -0.3 is 11.1 Å². The number of rotatable bonds is 3. The second-order valence-corrected chi connectivity index (χ2v) is 5.87. The molecule has 1 aromatic rings. The molecule has 0 bridgehead atoms. The van der Waals surface area contributed by atoms with E-state index in [-0.39, 0.29) is 11.9 Å². The van der Waals surface area contributed by atoms with Crippen LogP contribution in [0.25, 0.3) is 0 Å². The number of hydrogen-bond acceptors (Lipinski definition) is 3. The Kier molecular flexibility index (Phi) is 3.67. The number of nitrogens with two attached hydrogens (primary N) is 1. The first kappa shape index (κ1) is 14.1. The van der Waals surface area contributed by atoms with Gasteiger partial charge in [0, 0.05) is 30.9 Å². The van der Waals surface area contributed by atoms with Crippen molar-refractivity contribution in [1.82, 2.24) is 15.1 Å². The maximum absolute atomic E-state index is 12.4. The molecule has 106 valence electrons. The summed E-state index contributed by atoms with van der Waals surface area (Å²) in [6.45, 7) is 6.50. The Hall–Kier alpha value is -1.36. The zero-order chi connectivity index (χ0) is 14.2. The summed E-state index contributed by atoms with van der Waals surface area (Å²) in [5.74, 6) is 0.0696. The molecule has 1 saturated carbocycles. The first-order valence-corrected chi connectivity index (χ1v) is 6.89. The normalized spacial score (nSPS) is 26.7. The number of aromatic nitrogens is 2. The van der Waals surface area contributed by atoms with Gasteiger partial charge in [0.05, 0.1) is 11.1 Å². The molecule has 3 N–H and O–H groups in total. The molecule has 0 aliphatic heterocycles. The number of nitrogens with one attached hydrogen (secondary N) is 1. The number of amides is 1. The fourth-order valence-electron chi connectivity index (χ4n) is 2.92. The first-order valence-electron chi connectivity index (χ1n) is 6.89. The van der Waals surface area contributed by atoms with Crippen molar-refractivity contribution in [3.63, 3.8) is 0 Å².